The Kier molecular flexibility index (Phi) is 4.68. The van der Waals surface area contributed by atoms with E-state index in [0.29, 0.717) is 13.1 Å². The molecule has 0 bridgehead atoms. The molecule has 2 aromatic rings. The molecule has 2 aromatic carbocycles. The van der Waals surface area contributed by atoms with Crippen molar-refractivity contribution in [3.63, 3.8) is 0 Å². The average molecular weight is 374 g/mol. The lowest BCUT2D eigenvalue weighted by Crippen LogP contribution is -2.44. The average Bonchev–Trinajstić information content (AvgIpc) is 2.99. The van der Waals surface area contributed by atoms with E-state index in [4.69, 9.17) is 0 Å². The maximum Gasteiger partial charge on any atom is 0.416 e. The minimum absolute atomic E-state index is 0.117. The number of alkyl halides is 3. The summed E-state index contributed by atoms with van der Waals surface area (Å²) in [5, 5.41) is 0. The molecular weight excluding hydrogens is 353 g/mol. The smallest absolute Gasteiger partial charge is 0.331 e. The highest BCUT2D eigenvalue weighted by Crippen LogP contribution is 2.30. The van der Waals surface area contributed by atoms with E-state index in [-0.39, 0.29) is 11.9 Å². The normalized spacial score (nSPS) is 18.8. The van der Waals surface area contributed by atoms with Crippen LogP contribution in [0, 0.1) is 0 Å². The Morgan fingerprint density at radius 1 is 0.963 bits per heavy atom. The first-order chi connectivity index (χ1) is 12.9. The molecule has 0 saturated carbocycles. The van der Waals surface area contributed by atoms with Crippen molar-refractivity contribution in [1.29, 1.82) is 0 Å². The lowest BCUT2D eigenvalue weighted by atomic mass is 10.0. The van der Waals surface area contributed by atoms with Crippen LogP contribution in [0.25, 0.3) is 0 Å². The number of rotatable bonds is 3. The summed E-state index contributed by atoms with van der Waals surface area (Å²) in [6, 6.07) is 13.4. The molecule has 6 heteroatoms. The van der Waals surface area contributed by atoms with Crippen LogP contribution in [0.4, 0.5) is 13.2 Å². The van der Waals surface area contributed by atoms with Crippen LogP contribution in [0.2, 0.25) is 0 Å². The molecule has 2 aliphatic heterocycles. The van der Waals surface area contributed by atoms with Crippen molar-refractivity contribution >= 4 is 5.91 Å². The second kappa shape index (κ2) is 7.00. The fourth-order valence-electron chi connectivity index (χ4n) is 4.02. The summed E-state index contributed by atoms with van der Waals surface area (Å²) in [6.45, 7) is 3.00. The molecule has 27 heavy (non-hydrogen) atoms. The second-order valence-corrected chi connectivity index (χ2v) is 7.29. The van der Waals surface area contributed by atoms with Crippen molar-refractivity contribution in [2.75, 3.05) is 13.1 Å². The summed E-state index contributed by atoms with van der Waals surface area (Å²) in [4.78, 5) is 16.8. The van der Waals surface area contributed by atoms with Crippen LogP contribution in [0.5, 0.6) is 0 Å². The maximum absolute atomic E-state index is 12.7. The fourth-order valence-corrected chi connectivity index (χ4v) is 4.02. The van der Waals surface area contributed by atoms with Crippen LogP contribution in [0.3, 0.4) is 0 Å². The number of fused-ring (bicyclic) bond motifs is 1. The number of carbonyl (C=O) groups excluding carboxylic acids is 1. The van der Waals surface area contributed by atoms with Crippen molar-refractivity contribution in [2.24, 2.45) is 0 Å². The Morgan fingerprint density at radius 2 is 1.63 bits per heavy atom. The van der Waals surface area contributed by atoms with Crippen LogP contribution in [-0.4, -0.2) is 34.8 Å². The maximum atomic E-state index is 12.7. The summed E-state index contributed by atoms with van der Waals surface area (Å²) in [5.74, 6) is 0.117. The predicted octanol–water partition coefficient (Wildman–Crippen LogP) is 4.33. The van der Waals surface area contributed by atoms with Crippen LogP contribution >= 0.6 is 0 Å². The van der Waals surface area contributed by atoms with Crippen molar-refractivity contribution in [3.05, 3.63) is 70.8 Å². The van der Waals surface area contributed by atoms with Crippen LogP contribution in [0.15, 0.2) is 48.5 Å². The van der Waals surface area contributed by atoms with Gasteiger partial charge < -0.3 is 4.90 Å². The van der Waals surface area contributed by atoms with Gasteiger partial charge in [0.2, 0.25) is 0 Å². The molecule has 0 N–H and O–H groups in total. The van der Waals surface area contributed by atoms with Crippen LogP contribution in [0.1, 0.15) is 39.9 Å². The number of nitrogens with zero attached hydrogens (tertiary/aromatic N) is 2. The monoisotopic (exact) mass is 374 g/mol. The number of carbonyl (C=O) groups is 1. The highest BCUT2D eigenvalue weighted by Gasteiger charge is 2.34. The van der Waals surface area contributed by atoms with Crippen molar-refractivity contribution in [3.8, 4) is 0 Å². The van der Waals surface area contributed by atoms with Crippen LogP contribution in [-0.2, 0) is 19.3 Å². The first-order valence-electron chi connectivity index (χ1n) is 9.19. The molecule has 1 amide bonds. The van der Waals surface area contributed by atoms with E-state index in [1.165, 1.54) is 0 Å². The van der Waals surface area contributed by atoms with Gasteiger partial charge in [-0.25, -0.2) is 0 Å². The van der Waals surface area contributed by atoms with Gasteiger partial charge in [0.25, 0.3) is 5.91 Å². The number of benzene rings is 2. The zero-order chi connectivity index (χ0) is 19.0. The number of piperidine rings is 1. The molecule has 0 unspecified atom stereocenters. The molecule has 0 aliphatic carbocycles. The number of halogens is 3. The Balaban J connectivity index is 1.33. The minimum atomic E-state index is -4.29. The molecule has 0 radical (unpaired) electrons. The molecule has 1 fully saturated rings. The van der Waals surface area contributed by atoms with Crippen molar-refractivity contribution < 1.29 is 18.0 Å². The van der Waals surface area contributed by atoms with Gasteiger partial charge in [0.15, 0.2) is 0 Å². The van der Waals surface area contributed by atoms with E-state index >= 15 is 0 Å². The van der Waals surface area contributed by atoms with E-state index < -0.39 is 11.7 Å². The van der Waals surface area contributed by atoms with Gasteiger partial charge in [0, 0.05) is 37.8 Å². The third-order valence-corrected chi connectivity index (χ3v) is 5.53. The molecule has 0 aromatic heterocycles. The standard InChI is InChI=1S/C21H21F3N2O/c22-21(23,24)17-7-5-15(6-8-17)13-25-11-9-18(10-12-25)26-14-16-3-1-2-4-19(16)20(26)27/h1-8,18H,9-14H2. The number of amides is 1. The lowest BCUT2D eigenvalue weighted by Gasteiger charge is -2.36. The fraction of sp³-hybridized carbons (Fsp3) is 0.381. The van der Waals surface area contributed by atoms with Gasteiger partial charge in [0.05, 0.1) is 5.56 Å². The van der Waals surface area contributed by atoms with E-state index in [2.05, 4.69) is 4.90 Å². The highest BCUT2D eigenvalue weighted by molar-refractivity contribution is 5.98. The van der Waals surface area contributed by atoms with Crippen molar-refractivity contribution in [1.82, 2.24) is 9.80 Å². The minimum Gasteiger partial charge on any atom is -0.331 e. The topological polar surface area (TPSA) is 23.6 Å². The van der Waals surface area contributed by atoms with Gasteiger partial charge in [-0.05, 0) is 42.2 Å². The Labute approximate surface area is 156 Å². The zero-order valence-corrected chi connectivity index (χ0v) is 14.9. The SMILES string of the molecule is O=C1c2ccccc2CN1C1CCN(Cc2ccc(C(F)(F)F)cc2)CC1. The van der Waals surface area contributed by atoms with E-state index in [1.54, 1.807) is 12.1 Å². The summed E-state index contributed by atoms with van der Waals surface area (Å²) in [7, 11) is 0. The summed E-state index contributed by atoms with van der Waals surface area (Å²) in [6.07, 6.45) is -2.52. The Bertz CT molecular complexity index is 824. The first kappa shape index (κ1) is 18.0. The molecule has 3 nitrogen and oxygen atoms in total. The van der Waals surface area contributed by atoms with Crippen LogP contribution < -0.4 is 0 Å². The number of hydrogen-bond acceptors (Lipinski definition) is 2. The molecule has 2 aliphatic rings. The highest BCUT2D eigenvalue weighted by atomic mass is 19.4. The van der Waals surface area contributed by atoms with Gasteiger partial charge >= 0.3 is 6.18 Å². The zero-order valence-electron chi connectivity index (χ0n) is 14.9. The van der Waals surface area contributed by atoms with Gasteiger partial charge in [-0.15, -0.1) is 0 Å². The van der Waals surface area contributed by atoms with E-state index in [9.17, 15) is 18.0 Å². The summed E-state index contributed by atoms with van der Waals surface area (Å²) in [5.41, 5.74) is 2.17. The predicted molar refractivity (Wildman–Crippen MR) is 96.1 cm³/mol. The third-order valence-electron chi connectivity index (χ3n) is 5.53. The van der Waals surface area contributed by atoms with Gasteiger partial charge in [-0.1, -0.05) is 30.3 Å². The molecular formula is C21H21F3N2O. The Hall–Kier alpha value is -2.34. The summed E-state index contributed by atoms with van der Waals surface area (Å²) >= 11 is 0. The molecule has 1 saturated heterocycles. The first-order valence-corrected chi connectivity index (χ1v) is 9.19. The molecule has 0 atom stereocenters. The molecule has 0 spiro atoms. The van der Waals surface area contributed by atoms with Gasteiger partial charge in [-0.2, -0.15) is 13.2 Å². The van der Waals surface area contributed by atoms with E-state index in [1.807, 2.05) is 29.2 Å². The van der Waals surface area contributed by atoms with E-state index in [0.717, 1.165) is 54.8 Å². The summed E-state index contributed by atoms with van der Waals surface area (Å²) < 4.78 is 38.0. The number of hydrogen-bond donors (Lipinski definition) is 0. The molecule has 4 rings (SSSR count). The second-order valence-electron chi connectivity index (χ2n) is 7.29. The quantitative estimate of drug-likeness (QED) is 0.799. The molecule has 2 heterocycles. The molecule has 142 valence electrons. The van der Waals surface area contributed by atoms with Crippen molar-refractivity contribution in [2.45, 2.75) is 38.1 Å². The largest absolute Gasteiger partial charge is 0.416 e. The lowest BCUT2D eigenvalue weighted by molar-refractivity contribution is -0.137. The van der Waals surface area contributed by atoms with Gasteiger partial charge in [0.1, 0.15) is 0 Å². The number of likely N-dealkylation sites (tertiary alicyclic amines) is 1. The van der Waals surface area contributed by atoms with Gasteiger partial charge in [-0.3, -0.25) is 9.69 Å². The third kappa shape index (κ3) is 3.72. The Morgan fingerprint density at radius 3 is 2.26 bits per heavy atom.